The molecule has 3 N–H and O–H groups in total. The molecule has 5 atom stereocenters. The minimum Gasteiger partial charge on any atom is -0.496 e. The van der Waals surface area contributed by atoms with Crippen LogP contribution in [0.25, 0.3) is 34.2 Å². The van der Waals surface area contributed by atoms with Gasteiger partial charge < -0.3 is 29.2 Å². The Morgan fingerprint density at radius 3 is 2.50 bits per heavy atom. The monoisotopic (exact) mass is 489 g/mol. The molecule has 1 fully saturated rings. The van der Waals surface area contributed by atoms with E-state index in [1.807, 2.05) is 54.6 Å². The molecule has 1 aliphatic rings. The number of nitrogens with zero attached hydrogens (tertiary/aromatic N) is 3. The van der Waals surface area contributed by atoms with Crippen LogP contribution in [0.1, 0.15) is 18.6 Å². The summed E-state index contributed by atoms with van der Waals surface area (Å²) in [5.41, 5.74) is 3.61. The van der Waals surface area contributed by atoms with E-state index in [-0.39, 0.29) is 12.5 Å². The Bertz CT molecular complexity index is 1330. The van der Waals surface area contributed by atoms with E-state index >= 15 is 0 Å². The number of ether oxygens (including phenoxy) is 2. The van der Waals surface area contributed by atoms with Crippen LogP contribution >= 0.6 is 0 Å². The molecule has 4 aromatic rings. The van der Waals surface area contributed by atoms with Crippen molar-refractivity contribution in [1.29, 1.82) is 0 Å². The summed E-state index contributed by atoms with van der Waals surface area (Å²) in [6, 6.07) is 18.5. The zero-order valence-corrected chi connectivity index (χ0v) is 19.9. The lowest BCUT2D eigenvalue weighted by molar-refractivity contribution is -0.206. The highest BCUT2D eigenvalue weighted by Gasteiger charge is 2.42. The Morgan fingerprint density at radius 1 is 0.917 bits per heavy atom. The first-order valence-corrected chi connectivity index (χ1v) is 11.7. The quantitative estimate of drug-likeness (QED) is 0.373. The van der Waals surface area contributed by atoms with Crippen molar-refractivity contribution in [3.63, 3.8) is 0 Å². The van der Waals surface area contributed by atoms with E-state index < -0.39 is 24.4 Å². The predicted molar refractivity (Wildman–Crippen MR) is 131 cm³/mol. The Balaban J connectivity index is 1.45. The second-order valence-electron chi connectivity index (χ2n) is 8.79. The van der Waals surface area contributed by atoms with E-state index in [1.165, 1.54) is 0 Å². The molecule has 0 spiro atoms. The van der Waals surface area contributed by atoms with Gasteiger partial charge in [-0.05, 0) is 47.5 Å². The third-order valence-electron chi connectivity index (χ3n) is 6.57. The molecule has 3 heterocycles. The van der Waals surface area contributed by atoms with Gasteiger partial charge in [-0.2, -0.15) is 0 Å². The second-order valence-corrected chi connectivity index (χ2v) is 8.79. The highest BCUT2D eigenvalue weighted by Crippen LogP contribution is 2.39. The fourth-order valence-corrected chi connectivity index (χ4v) is 4.47. The number of aliphatic hydroxyl groups excluding tert-OH is 3. The molecule has 5 rings (SSSR count). The van der Waals surface area contributed by atoms with Gasteiger partial charge in [-0.1, -0.05) is 31.2 Å². The van der Waals surface area contributed by atoms with Crippen molar-refractivity contribution in [2.45, 2.75) is 31.3 Å². The summed E-state index contributed by atoms with van der Waals surface area (Å²) in [7, 11) is 1.58. The molecule has 186 valence electrons. The maximum Gasteiger partial charge on any atom is 0.266 e. The van der Waals surface area contributed by atoms with Gasteiger partial charge in [0.15, 0.2) is 0 Å². The van der Waals surface area contributed by atoms with Gasteiger partial charge >= 0.3 is 0 Å². The van der Waals surface area contributed by atoms with Gasteiger partial charge in [-0.3, -0.25) is 4.98 Å². The summed E-state index contributed by atoms with van der Waals surface area (Å²) in [5.74, 6) is 0.866. The summed E-state index contributed by atoms with van der Waals surface area (Å²) in [6.07, 6.45) is -1.82. The number of benzene rings is 2. The van der Waals surface area contributed by atoms with Crippen molar-refractivity contribution in [2.24, 2.45) is 5.92 Å². The average Bonchev–Trinajstić information content (AvgIpc) is 3.43. The lowest BCUT2D eigenvalue weighted by Gasteiger charge is -2.41. The predicted octanol–water partition coefficient (Wildman–Crippen LogP) is 3.26. The van der Waals surface area contributed by atoms with Gasteiger partial charge in [0.05, 0.1) is 25.9 Å². The number of pyridine rings is 1. The van der Waals surface area contributed by atoms with Gasteiger partial charge in [0.2, 0.25) is 5.89 Å². The molecule has 0 bridgehead atoms. The van der Waals surface area contributed by atoms with E-state index in [0.29, 0.717) is 34.4 Å². The normalized spacial score (nSPS) is 24.0. The third kappa shape index (κ3) is 4.49. The molecule has 0 amide bonds. The van der Waals surface area contributed by atoms with Crippen LogP contribution in [0.2, 0.25) is 0 Å². The second kappa shape index (κ2) is 10.2. The van der Waals surface area contributed by atoms with E-state index in [9.17, 15) is 15.3 Å². The summed E-state index contributed by atoms with van der Waals surface area (Å²) in [5, 5.41) is 39.1. The maximum absolute atomic E-state index is 10.7. The largest absolute Gasteiger partial charge is 0.496 e. The van der Waals surface area contributed by atoms with Gasteiger partial charge in [0.1, 0.15) is 23.7 Å². The molecule has 36 heavy (non-hydrogen) atoms. The fraction of sp³-hybridized carbons (Fsp3) is 0.296. The van der Waals surface area contributed by atoms with Crippen LogP contribution in [0.3, 0.4) is 0 Å². The van der Waals surface area contributed by atoms with Crippen molar-refractivity contribution in [3.8, 4) is 39.9 Å². The molecular formula is C27H27N3O6. The Hall–Kier alpha value is -3.63. The van der Waals surface area contributed by atoms with Crippen LogP contribution in [0.15, 0.2) is 71.3 Å². The molecule has 1 aliphatic heterocycles. The molecule has 2 aromatic heterocycles. The van der Waals surface area contributed by atoms with E-state index in [0.717, 1.165) is 11.1 Å². The number of hydrogen-bond donors (Lipinski definition) is 3. The fourth-order valence-electron chi connectivity index (χ4n) is 4.47. The lowest BCUT2D eigenvalue weighted by atomic mass is 9.85. The van der Waals surface area contributed by atoms with Gasteiger partial charge in [0, 0.05) is 23.2 Å². The van der Waals surface area contributed by atoms with Crippen LogP contribution in [0.4, 0.5) is 0 Å². The van der Waals surface area contributed by atoms with Gasteiger partial charge in [-0.25, -0.2) is 0 Å². The van der Waals surface area contributed by atoms with Gasteiger partial charge in [0.25, 0.3) is 5.89 Å². The number of rotatable bonds is 6. The van der Waals surface area contributed by atoms with Crippen molar-refractivity contribution in [2.75, 3.05) is 13.7 Å². The first kappa shape index (κ1) is 24.1. The maximum atomic E-state index is 10.7. The molecule has 1 saturated heterocycles. The Kier molecular flexibility index (Phi) is 6.80. The van der Waals surface area contributed by atoms with Crippen LogP contribution in [0, 0.1) is 5.92 Å². The molecule has 5 unspecified atom stereocenters. The van der Waals surface area contributed by atoms with Crippen LogP contribution in [-0.4, -0.2) is 62.5 Å². The molecule has 2 aromatic carbocycles. The first-order chi connectivity index (χ1) is 17.5. The third-order valence-corrected chi connectivity index (χ3v) is 6.57. The minimum atomic E-state index is -1.12. The average molecular weight is 490 g/mol. The number of methoxy groups -OCH3 is 1. The van der Waals surface area contributed by atoms with Crippen molar-refractivity contribution in [3.05, 3.63) is 72.4 Å². The SMILES string of the molecule is COc1cc(-c2nnc(-c3ccccn3)o2)ccc1-c1cccc(C2OC(CO)C(C)C(O)C2O)c1. The highest BCUT2D eigenvalue weighted by atomic mass is 16.5. The molecular weight excluding hydrogens is 462 g/mol. The number of aromatic nitrogens is 3. The summed E-state index contributed by atoms with van der Waals surface area (Å²) in [6.45, 7) is 1.50. The number of aliphatic hydroxyl groups is 3. The van der Waals surface area contributed by atoms with Crippen LogP contribution < -0.4 is 4.74 Å². The minimum absolute atomic E-state index is 0.242. The van der Waals surface area contributed by atoms with Crippen LogP contribution in [-0.2, 0) is 4.74 Å². The molecule has 9 heteroatoms. The highest BCUT2D eigenvalue weighted by molar-refractivity contribution is 5.75. The topological polar surface area (TPSA) is 131 Å². The lowest BCUT2D eigenvalue weighted by Crippen LogP contribution is -2.50. The van der Waals surface area contributed by atoms with Crippen LogP contribution in [0.5, 0.6) is 5.75 Å². The molecule has 0 saturated carbocycles. The Labute approximate surface area is 208 Å². The summed E-state index contributed by atoms with van der Waals surface area (Å²) >= 11 is 0. The molecule has 0 aliphatic carbocycles. The van der Waals surface area contributed by atoms with E-state index in [1.54, 1.807) is 26.3 Å². The number of hydrogen-bond acceptors (Lipinski definition) is 9. The van der Waals surface area contributed by atoms with Crippen molar-refractivity contribution >= 4 is 0 Å². The summed E-state index contributed by atoms with van der Waals surface area (Å²) in [4.78, 5) is 4.24. The standard InChI is InChI=1S/C27H27N3O6/c1-15-22(14-31)35-25(24(33)23(15)32)17-7-5-6-16(12-17)19-10-9-18(13-21(19)34-2)26-29-30-27(36-26)20-8-3-4-11-28-20/h3-13,15,22-25,31-33H,14H2,1-2H3. The smallest absolute Gasteiger partial charge is 0.266 e. The zero-order valence-electron chi connectivity index (χ0n) is 19.9. The summed E-state index contributed by atoms with van der Waals surface area (Å²) < 4.78 is 17.4. The van der Waals surface area contributed by atoms with E-state index in [2.05, 4.69) is 15.2 Å². The van der Waals surface area contributed by atoms with Gasteiger partial charge in [-0.15, -0.1) is 10.2 Å². The first-order valence-electron chi connectivity index (χ1n) is 11.7. The zero-order chi connectivity index (χ0) is 25.2. The van der Waals surface area contributed by atoms with E-state index in [4.69, 9.17) is 13.9 Å². The molecule has 9 nitrogen and oxygen atoms in total. The van der Waals surface area contributed by atoms with Crippen molar-refractivity contribution in [1.82, 2.24) is 15.2 Å². The Morgan fingerprint density at radius 2 is 1.75 bits per heavy atom. The molecule has 0 radical (unpaired) electrons. The van der Waals surface area contributed by atoms with Crippen molar-refractivity contribution < 1.29 is 29.2 Å².